The van der Waals surface area contributed by atoms with Gasteiger partial charge in [-0.05, 0) is 0 Å². The van der Waals surface area contributed by atoms with Gasteiger partial charge in [0.15, 0.2) is 0 Å². The Morgan fingerprint density at radius 1 is 0.225 bits per heavy atom. The van der Waals surface area contributed by atoms with E-state index in [-0.39, 0.29) is 102 Å². The quantitative estimate of drug-likeness (QED) is 0.132. The van der Waals surface area contributed by atoms with Crippen molar-refractivity contribution in [3.63, 3.8) is 0 Å². The molecule has 8 N–H and O–H groups in total. The maximum Gasteiger partial charge on any atom is 0.114 e. The molecule has 40 heavy (non-hydrogen) atoms. The Labute approximate surface area is 229 Å². The standard InChI is InChI=1S/4C6H10O4/c4*7-3-1-9-6-4(8)2-10-5(3)6/h4*3-8H,1-2H2/t4*3-,4+,5-,6-/m1111/s1. The SMILES string of the molecule is O[C@@H]1CO[C@H]2[C@@H]1OC[C@@H]2O.O[C@@H]1CO[C@H]2[C@@H]1OC[C@@H]2O.O[C@@H]1CO[C@H]2[C@@H]1OC[C@@H]2O.O[C@@H]1CO[C@H]2[C@@H]1OC[C@@H]2O. The van der Waals surface area contributed by atoms with Gasteiger partial charge in [-0.25, -0.2) is 0 Å². The highest BCUT2D eigenvalue weighted by atomic mass is 16.6. The van der Waals surface area contributed by atoms with Crippen LogP contribution in [0.5, 0.6) is 0 Å². The predicted octanol–water partition coefficient (Wildman–Crippen LogP) is -5.98. The van der Waals surface area contributed by atoms with Gasteiger partial charge in [-0.15, -0.1) is 0 Å². The predicted molar refractivity (Wildman–Crippen MR) is 126 cm³/mol. The third kappa shape index (κ3) is 6.47. The highest BCUT2D eigenvalue weighted by molar-refractivity contribution is 4.96. The van der Waals surface area contributed by atoms with E-state index in [0.29, 0.717) is 0 Å². The zero-order chi connectivity index (χ0) is 28.6. The summed E-state index contributed by atoms with van der Waals surface area (Å²) in [5.41, 5.74) is 0. The lowest BCUT2D eigenvalue weighted by molar-refractivity contribution is 0.00201. The molecule has 16 atom stereocenters. The van der Waals surface area contributed by atoms with Crippen LogP contribution >= 0.6 is 0 Å². The van der Waals surface area contributed by atoms with Gasteiger partial charge in [0.2, 0.25) is 0 Å². The zero-order valence-corrected chi connectivity index (χ0v) is 21.7. The number of hydrogen-bond donors (Lipinski definition) is 8. The molecule has 0 saturated carbocycles. The van der Waals surface area contributed by atoms with Crippen molar-refractivity contribution >= 4 is 0 Å². The molecule has 8 fully saturated rings. The first kappa shape index (κ1) is 30.8. The van der Waals surface area contributed by atoms with Gasteiger partial charge in [0.1, 0.15) is 97.7 Å². The van der Waals surface area contributed by atoms with Crippen molar-refractivity contribution in [2.75, 3.05) is 52.9 Å². The molecule has 16 heteroatoms. The smallest absolute Gasteiger partial charge is 0.114 e. The molecule has 8 saturated heterocycles. The molecule has 0 aromatic carbocycles. The molecule has 232 valence electrons. The third-order valence-corrected chi connectivity index (χ3v) is 8.00. The second kappa shape index (κ2) is 13.3. The van der Waals surface area contributed by atoms with E-state index in [0.717, 1.165) is 0 Å². The van der Waals surface area contributed by atoms with Crippen LogP contribution in [0.15, 0.2) is 0 Å². The van der Waals surface area contributed by atoms with Crippen LogP contribution in [-0.4, -0.2) is 191 Å². The van der Waals surface area contributed by atoms with Gasteiger partial charge in [-0.2, -0.15) is 0 Å². The third-order valence-electron chi connectivity index (χ3n) is 8.00. The Morgan fingerprint density at radius 3 is 0.425 bits per heavy atom. The van der Waals surface area contributed by atoms with Gasteiger partial charge in [-0.1, -0.05) is 0 Å². The van der Waals surface area contributed by atoms with Crippen molar-refractivity contribution in [3.05, 3.63) is 0 Å². The van der Waals surface area contributed by atoms with E-state index < -0.39 is 48.8 Å². The van der Waals surface area contributed by atoms with Crippen molar-refractivity contribution in [1.82, 2.24) is 0 Å². The first-order chi connectivity index (χ1) is 19.2. The largest absolute Gasteiger partial charge is 0.388 e. The lowest BCUT2D eigenvalue weighted by Crippen LogP contribution is -2.30. The Kier molecular flexibility index (Phi) is 10.3. The van der Waals surface area contributed by atoms with Crippen molar-refractivity contribution in [2.24, 2.45) is 0 Å². The highest BCUT2D eigenvalue weighted by Crippen LogP contribution is 2.29. The zero-order valence-electron chi connectivity index (χ0n) is 21.7. The van der Waals surface area contributed by atoms with Gasteiger partial charge in [0, 0.05) is 0 Å². The summed E-state index contributed by atoms with van der Waals surface area (Å²) in [5, 5.41) is 73.2. The lowest BCUT2D eigenvalue weighted by atomic mass is 10.1. The van der Waals surface area contributed by atoms with Crippen LogP contribution in [0.1, 0.15) is 0 Å². The van der Waals surface area contributed by atoms with Crippen LogP contribution in [0.25, 0.3) is 0 Å². The second-order valence-corrected chi connectivity index (χ2v) is 10.9. The fourth-order valence-electron chi connectivity index (χ4n) is 5.84. The van der Waals surface area contributed by atoms with Crippen molar-refractivity contribution in [1.29, 1.82) is 0 Å². The van der Waals surface area contributed by atoms with E-state index in [1.807, 2.05) is 0 Å². The average Bonchev–Trinajstić information content (AvgIpc) is 3.76. The molecule has 0 spiro atoms. The molecule has 8 aliphatic heterocycles. The maximum absolute atomic E-state index is 9.16. The summed E-state index contributed by atoms with van der Waals surface area (Å²) in [7, 11) is 0. The molecule has 8 rings (SSSR count). The van der Waals surface area contributed by atoms with E-state index in [1.54, 1.807) is 0 Å². The van der Waals surface area contributed by atoms with Crippen LogP contribution < -0.4 is 0 Å². The Morgan fingerprint density at radius 2 is 0.325 bits per heavy atom. The van der Waals surface area contributed by atoms with Crippen molar-refractivity contribution in [2.45, 2.75) is 97.7 Å². The summed E-state index contributed by atoms with van der Waals surface area (Å²) >= 11 is 0. The minimum Gasteiger partial charge on any atom is -0.388 e. The number of fused-ring (bicyclic) bond motifs is 4. The highest BCUT2D eigenvalue weighted by Gasteiger charge is 2.48. The molecule has 0 aliphatic carbocycles. The van der Waals surface area contributed by atoms with E-state index in [4.69, 9.17) is 78.7 Å². The first-order valence-corrected chi connectivity index (χ1v) is 13.5. The molecular weight excluding hydrogens is 544 g/mol. The number of aliphatic hydroxyl groups is 8. The van der Waals surface area contributed by atoms with Gasteiger partial charge in [-0.3, -0.25) is 0 Å². The Bertz CT molecular complexity index is 615. The normalized spacial score (nSPS) is 53.4. The molecular formula is C24H40O16. The molecule has 16 nitrogen and oxygen atoms in total. The molecule has 8 aliphatic rings. The summed E-state index contributed by atoms with van der Waals surface area (Å²) in [6, 6.07) is 0. The number of rotatable bonds is 0. The number of ether oxygens (including phenoxy) is 8. The fraction of sp³-hybridized carbons (Fsp3) is 1.00. The van der Waals surface area contributed by atoms with Crippen LogP contribution in [0, 0.1) is 0 Å². The summed E-state index contributed by atoms with van der Waals surface area (Å²) < 4.78 is 40.6. The minimum atomic E-state index is -0.554. The summed E-state index contributed by atoms with van der Waals surface area (Å²) in [5.74, 6) is 0. The number of hydrogen-bond acceptors (Lipinski definition) is 16. The monoisotopic (exact) mass is 584 g/mol. The first-order valence-electron chi connectivity index (χ1n) is 13.5. The second-order valence-electron chi connectivity index (χ2n) is 10.9. The molecule has 0 amide bonds. The lowest BCUT2D eigenvalue weighted by Gasteiger charge is -2.09. The number of aliphatic hydroxyl groups excluding tert-OH is 8. The van der Waals surface area contributed by atoms with E-state index >= 15 is 0 Å². The average molecular weight is 585 g/mol. The van der Waals surface area contributed by atoms with Crippen LogP contribution in [0.4, 0.5) is 0 Å². The topological polar surface area (TPSA) is 236 Å². The minimum absolute atomic E-state index is 0.284. The van der Waals surface area contributed by atoms with Gasteiger partial charge in [0.05, 0.1) is 52.9 Å². The van der Waals surface area contributed by atoms with Crippen LogP contribution in [-0.2, 0) is 37.9 Å². The Hall–Kier alpha value is -0.640. The van der Waals surface area contributed by atoms with Gasteiger partial charge < -0.3 is 78.7 Å². The molecule has 0 aromatic heterocycles. The fourth-order valence-corrected chi connectivity index (χ4v) is 5.84. The van der Waals surface area contributed by atoms with E-state index in [9.17, 15) is 0 Å². The maximum atomic E-state index is 9.16. The molecule has 0 radical (unpaired) electrons. The van der Waals surface area contributed by atoms with Crippen molar-refractivity contribution in [3.8, 4) is 0 Å². The molecule has 0 bridgehead atoms. The van der Waals surface area contributed by atoms with Gasteiger partial charge >= 0.3 is 0 Å². The van der Waals surface area contributed by atoms with E-state index in [1.165, 1.54) is 0 Å². The van der Waals surface area contributed by atoms with Crippen LogP contribution in [0.3, 0.4) is 0 Å². The summed E-state index contributed by atoms with van der Waals surface area (Å²) in [6.07, 6.45) is -6.80. The van der Waals surface area contributed by atoms with Crippen molar-refractivity contribution < 1.29 is 78.7 Å². The molecule has 0 aromatic rings. The van der Waals surface area contributed by atoms with Crippen LogP contribution in [0.2, 0.25) is 0 Å². The molecule has 8 heterocycles. The summed E-state index contributed by atoms with van der Waals surface area (Å²) in [6.45, 7) is 2.27. The van der Waals surface area contributed by atoms with E-state index in [2.05, 4.69) is 0 Å². The molecule has 0 unspecified atom stereocenters. The van der Waals surface area contributed by atoms with Gasteiger partial charge in [0.25, 0.3) is 0 Å². The summed E-state index contributed by atoms with van der Waals surface area (Å²) in [4.78, 5) is 0. The Balaban J connectivity index is 0.000000108.